The van der Waals surface area contributed by atoms with Crippen LogP contribution in [0.2, 0.25) is 0 Å². The van der Waals surface area contributed by atoms with Crippen LogP contribution >= 0.6 is 0 Å². The van der Waals surface area contributed by atoms with Crippen molar-refractivity contribution in [1.82, 2.24) is 24.9 Å². The van der Waals surface area contributed by atoms with Gasteiger partial charge in [0.25, 0.3) is 0 Å². The van der Waals surface area contributed by atoms with Gasteiger partial charge in [-0.2, -0.15) is 0 Å². The summed E-state index contributed by atoms with van der Waals surface area (Å²) in [5, 5.41) is 2.97. The molecule has 0 saturated carbocycles. The van der Waals surface area contributed by atoms with E-state index in [1.807, 2.05) is 75.6 Å². The lowest BCUT2D eigenvalue weighted by molar-refractivity contribution is -0.117. The molecule has 0 fully saturated rings. The Hall–Kier alpha value is -4.99. The lowest BCUT2D eigenvalue weighted by Gasteiger charge is -2.25. The van der Waals surface area contributed by atoms with Crippen molar-refractivity contribution >= 4 is 34.9 Å². The zero-order valence-electron chi connectivity index (χ0n) is 23.5. The lowest BCUT2D eigenvalue weighted by Crippen LogP contribution is -2.28. The maximum Gasteiger partial charge on any atom is 0.224 e. The van der Waals surface area contributed by atoms with Gasteiger partial charge in [0.1, 0.15) is 18.2 Å². The van der Waals surface area contributed by atoms with Gasteiger partial charge in [0.15, 0.2) is 5.82 Å². The Balaban J connectivity index is 1.35. The monoisotopic (exact) mass is 545 g/mol. The molecule has 41 heavy (non-hydrogen) atoms. The molecule has 1 amide bonds. The van der Waals surface area contributed by atoms with Crippen LogP contribution in [0.3, 0.4) is 0 Å². The number of carbonyl (C=O) groups is 1. The van der Waals surface area contributed by atoms with Crippen molar-refractivity contribution in [2.24, 2.45) is 15.4 Å². The van der Waals surface area contributed by atoms with Crippen molar-refractivity contribution < 1.29 is 4.79 Å². The molecule has 0 radical (unpaired) electrons. The fourth-order valence-electron chi connectivity index (χ4n) is 4.94. The molecule has 2 N–H and O–H groups in total. The van der Waals surface area contributed by atoms with Gasteiger partial charge in [-0.05, 0) is 29.7 Å². The Morgan fingerprint density at radius 1 is 1.07 bits per heavy atom. The molecule has 6 heterocycles. The Morgan fingerprint density at radius 3 is 2.71 bits per heavy atom. The number of nitrogens with zero attached hydrogens (tertiary/aromatic N) is 7. The van der Waals surface area contributed by atoms with Gasteiger partial charge in [0, 0.05) is 72.3 Å². The Morgan fingerprint density at radius 2 is 1.90 bits per heavy atom. The van der Waals surface area contributed by atoms with E-state index in [0.29, 0.717) is 31.1 Å². The van der Waals surface area contributed by atoms with Crippen LogP contribution in [0.25, 0.3) is 16.7 Å². The number of carbonyl (C=O) groups excluding carboxylic acids is 1. The Kier molecular flexibility index (Phi) is 6.74. The normalized spacial score (nSPS) is 14.5. The van der Waals surface area contributed by atoms with Crippen LogP contribution in [0, 0.1) is 5.41 Å². The van der Waals surface area contributed by atoms with Crippen LogP contribution in [0.1, 0.15) is 55.5 Å². The number of hydrogen-bond donors (Lipinski definition) is 2. The van der Waals surface area contributed by atoms with E-state index in [1.165, 1.54) is 0 Å². The molecular formula is C31H31N9O. The van der Waals surface area contributed by atoms with Crippen LogP contribution in [0.15, 0.2) is 71.3 Å². The molecule has 0 aliphatic carbocycles. The SMILES string of the molecule is CN1CN=C(c2nc3c([nH]2)CN=CC=C3c2cccnc2)c2cc(-c3cncc(NC(=O)CC(C)(C)C)c3)cnc21. The molecule has 10 heteroatoms. The number of H-pyrrole nitrogens is 1. The fourth-order valence-corrected chi connectivity index (χ4v) is 4.94. The second-order valence-electron chi connectivity index (χ2n) is 11.4. The summed E-state index contributed by atoms with van der Waals surface area (Å²) in [6, 6.07) is 7.90. The molecule has 0 saturated heterocycles. The second kappa shape index (κ2) is 10.5. The number of rotatable bonds is 5. The highest BCUT2D eigenvalue weighted by atomic mass is 16.1. The number of amides is 1. The first-order chi connectivity index (χ1) is 19.7. The molecule has 206 valence electrons. The minimum atomic E-state index is -0.107. The summed E-state index contributed by atoms with van der Waals surface area (Å²) in [7, 11) is 1.97. The number of aromatic nitrogens is 5. The minimum absolute atomic E-state index is 0.0438. The maximum atomic E-state index is 12.5. The topological polar surface area (TPSA) is 124 Å². The van der Waals surface area contributed by atoms with E-state index in [2.05, 4.69) is 31.3 Å². The molecule has 0 aromatic carbocycles. The molecular weight excluding hydrogens is 514 g/mol. The van der Waals surface area contributed by atoms with E-state index in [9.17, 15) is 4.79 Å². The number of nitrogens with one attached hydrogen (secondary N) is 2. The summed E-state index contributed by atoms with van der Waals surface area (Å²) in [5.41, 5.74) is 7.50. The van der Waals surface area contributed by atoms with Gasteiger partial charge < -0.3 is 15.2 Å². The van der Waals surface area contributed by atoms with Crippen molar-refractivity contribution in [1.29, 1.82) is 0 Å². The van der Waals surface area contributed by atoms with Crippen LogP contribution < -0.4 is 10.2 Å². The highest BCUT2D eigenvalue weighted by Gasteiger charge is 2.26. The smallest absolute Gasteiger partial charge is 0.224 e. The maximum absolute atomic E-state index is 12.5. The van der Waals surface area contributed by atoms with Gasteiger partial charge >= 0.3 is 0 Å². The largest absolute Gasteiger partial charge is 0.340 e. The zero-order chi connectivity index (χ0) is 28.6. The summed E-state index contributed by atoms with van der Waals surface area (Å²) in [5.74, 6) is 1.43. The average molecular weight is 546 g/mol. The van der Waals surface area contributed by atoms with Crippen molar-refractivity contribution in [2.45, 2.75) is 33.7 Å². The van der Waals surface area contributed by atoms with Crippen LogP contribution in [-0.4, -0.2) is 56.5 Å². The molecule has 4 aromatic heterocycles. The number of fused-ring (bicyclic) bond motifs is 2. The minimum Gasteiger partial charge on any atom is -0.340 e. The molecule has 0 spiro atoms. The number of hydrogen-bond acceptors (Lipinski definition) is 8. The number of pyridine rings is 3. The number of anilines is 2. The van der Waals surface area contributed by atoms with Gasteiger partial charge in [-0.3, -0.25) is 24.7 Å². The molecule has 0 bridgehead atoms. The second-order valence-corrected chi connectivity index (χ2v) is 11.4. The predicted molar refractivity (Wildman–Crippen MR) is 161 cm³/mol. The number of aromatic amines is 1. The first kappa shape index (κ1) is 26.2. The fraction of sp³-hybridized carbons (Fsp3) is 0.258. The summed E-state index contributed by atoms with van der Waals surface area (Å²) in [6.45, 7) is 7.06. The highest BCUT2D eigenvalue weighted by Crippen LogP contribution is 2.32. The number of aliphatic imine (C=N–C) groups is 2. The molecule has 6 rings (SSSR count). The van der Waals surface area contributed by atoms with E-state index >= 15 is 0 Å². The molecule has 10 nitrogen and oxygen atoms in total. The van der Waals surface area contributed by atoms with Gasteiger partial charge in [-0.1, -0.05) is 26.8 Å². The zero-order valence-corrected chi connectivity index (χ0v) is 23.5. The van der Waals surface area contributed by atoms with Crippen LogP contribution in [0.5, 0.6) is 0 Å². The quantitative estimate of drug-likeness (QED) is 0.368. The van der Waals surface area contributed by atoms with E-state index in [-0.39, 0.29) is 11.3 Å². The summed E-state index contributed by atoms with van der Waals surface area (Å²) in [4.78, 5) is 45.9. The van der Waals surface area contributed by atoms with Gasteiger partial charge in [0.2, 0.25) is 5.91 Å². The third kappa shape index (κ3) is 5.54. The third-order valence-electron chi connectivity index (χ3n) is 6.80. The van der Waals surface area contributed by atoms with Crippen molar-refractivity contribution in [3.63, 3.8) is 0 Å². The van der Waals surface area contributed by atoms with Crippen molar-refractivity contribution in [3.05, 3.63) is 89.7 Å². The molecule has 0 atom stereocenters. The number of allylic oxidation sites excluding steroid dienone is 1. The predicted octanol–water partition coefficient (Wildman–Crippen LogP) is 4.90. The first-order valence-corrected chi connectivity index (χ1v) is 13.5. The summed E-state index contributed by atoms with van der Waals surface area (Å²) >= 11 is 0. The van der Waals surface area contributed by atoms with Crippen molar-refractivity contribution in [2.75, 3.05) is 23.9 Å². The van der Waals surface area contributed by atoms with Crippen LogP contribution in [0.4, 0.5) is 11.5 Å². The van der Waals surface area contributed by atoms with E-state index < -0.39 is 0 Å². The van der Waals surface area contributed by atoms with Gasteiger partial charge in [-0.15, -0.1) is 0 Å². The Bertz CT molecular complexity index is 1710. The van der Waals surface area contributed by atoms with Gasteiger partial charge in [-0.25, -0.2) is 9.97 Å². The van der Waals surface area contributed by atoms with E-state index in [1.54, 1.807) is 18.6 Å². The highest BCUT2D eigenvalue weighted by molar-refractivity contribution is 6.15. The molecule has 2 aliphatic heterocycles. The molecule has 2 aliphatic rings. The van der Waals surface area contributed by atoms with E-state index in [4.69, 9.17) is 15.0 Å². The average Bonchev–Trinajstić information content (AvgIpc) is 3.25. The molecule has 0 unspecified atom stereocenters. The summed E-state index contributed by atoms with van der Waals surface area (Å²) < 4.78 is 0. The van der Waals surface area contributed by atoms with Crippen molar-refractivity contribution in [3.8, 4) is 11.1 Å². The van der Waals surface area contributed by atoms with Gasteiger partial charge in [0.05, 0.1) is 29.8 Å². The third-order valence-corrected chi connectivity index (χ3v) is 6.80. The molecule has 4 aromatic rings. The first-order valence-electron chi connectivity index (χ1n) is 13.5. The van der Waals surface area contributed by atoms with E-state index in [0.717, 1.165) is 50.7 Å². The summed E-state index contributed by atoms with van der Waals surface area (Å²) in [6.07, 6.45) is 13.0. The standard InChI is InChI=1S/C31H31N9O/c1-31(2,3)12-26(41)37-22-10-20(14-34-16-22)21-11-24-28(36-18-40(4)30(24)35-15-21)29-38-25-17-33-9-7-23(27(25)39-29)19-6-5-8-32-13-19/h5-11,13-16H,12,17-18H2,1-4H3,(H,37,41)(H,38,39). The number of imidazole rings is 1. The Labute approximate surface area is 238 Å². The van der Waals surface area contributed by atoms with Crippen LogP contribution in [-0.2, 0) is 11.3 Å². The lowest BCUT2D eigenvalue weighted by atomic mass is 9.92.